The van der Waals surface area contributed by atoms with Crippen molar-refractivity contribution in [3.05, 3.63) is 41.5 Å². The van der Waals surface area contributed by atoms with Crippen molar-refractivity contribution in [2.45, 2.75) is 181 Å². The SMILES string of the molecule is COc1ccc(C2CC(=O)c3c(O)cc(O[C@@H]4OC(CO[C@@H]5OC(C)[C@H](O)C(O)C5O)[C@H](OC(C)(C)[C@@H]5OC(CO)[C@H](OC(C)(C)[C@@H]6OC(CO)[C@@H](O)C(O)C6O)C(O)C5O)C(O)C4O)cc3O2)cc1O. The van der Waals surface area contributed by atoms with Gasteiger partial charge in [0.05, 0.1) is 50.7 Å². The number of ether oxygens (including phenoxy) is 10. The van der Waals surface area contributed by atoms with Gasteiger partial charge >= 0.3 is 0 Å². The number of carbonyl (C=O) groups is 1. The first-order valence-electron chi connectivity index (χ1n) is 23.1. The molecule has 2 aromatic rings. The van der Waals surface area contributed by atoms with E-state index in [0.29, 0.717) is 5.56 Å². The van der Waals surface area contributed by atoms with Crippen molar-refractivity contribution in [1.29, 1.82) is 0 Å². The van der Waals surface area contributed by atoms with Gasteiger partial charge in [-0.15, -0.1) is 0 Å². The number of Topliss-reactive ketones (excluding diaryl/α,β-unsaturated/α-hetero) is 1. The van der Waals surface area contributed by atoms with E-state index < -0.39 is 171 Å². The molecule has 0 saturated carbocycles. The lowest BCUT2D eigenvalue weighted by Gasteiger charge is -2.52. The summed E-state index contributed by atoms with van der Waals surface area (Å²) in [6.07, 6.45) is -34.0. The summed E-state index contributed by atoms with van der Waals surface area (Å²) in [6, 6.07) is 6.70. The van der Waals surface area contributed by atoms with Crippen LogP contribution in [0, 0.1) is 0 Å². The highest BCUT2D eigenvalue weighted by molar-refractivity contribution is 6.02. The molecule has 0 aliphatic carbocycles. The van der Waals surface area contributed by atoms with Gasteiger partial charge in [0.25, 0.3) is 0 Å². The molecule has 5 aliphatic rings. The van der Waals surface area contributed by atoms with E-state index in [1.165, 1.54) is 59.9 Å². The Bertz CT molecular complexity index is 2140. The van der Waals surface area contributed by atoms with E-state index in [0.717, 1.165) is 6.07 Å². The number of aliphatic hydroxyl groups excluding tert-OH is 12. The number of fused-ring (bicyclic) bond motifs is 1. The standard InChI is InChI=1S/C46H66O25/c1-16-29(52)31(54)37(60)43(64-16)63-15-27-40(71-46(4,5)42-36(59)33(56)39(26(14-48)68-42)70-45(2,3)41-35(58)32(55)30(53)25(13-47)67-41)34(57)38(61)44(69-27)65-18-10-20(50)28-21(51)12-23(66-24(28)11-18)17-7-8-22(62-6)19(49)9-17/h7-11,16,23,25-27,29-44,47-50,52-61H,12-15H2,1-6H3/t16?,23?,25?,26?,27?,29-,30+,31?,32?,33?,34?,35?,36?,37?,38?,39-,40-,41+,42+,43+,44+/m0/s1. The number of hydrogen-bond acceptors (Lipinski definition) is 25. The fourth-order valence-electron chi connectivity index (χ4n) is 9.65. The van der Waals surface area contributed by atoms with Crippen LogP contribution in [0.1, 0.15) is 63.1 Å². The summed E-state index contributed by atoms with van der Waals surface area (Å²) in [7, 11) is 1.37. The number of phenolic OH excluding ortho intramolecular Hbond substituents is 2. The first kappa shape index (κ1) is 55.1. The normalized spacial score (nSPS) is 40.1. The number of aliphatic hydroxyl groups is 12. The first-order valence-corrected chi connectivity index (χ1v) is 23.1. The minimum atomic E-state index is -1.99. The van der Waals surface area contributed by atoms with Crippen molar-refractivity contribution >= 4 is 5.78 Å². The van der Waals surface area contributed by atoms with Gasteiger partial charge in [-0.1, -0.05) is 6.07 Å². The van der Waals surface area contributed by atoms with Crippen LogP contribution in [0.25, 0.3) is 0 Å². The Labute approximate surface area is 406 Å². The third-order valence-electron chi connectivity index (χ3n) is 13.7. The van der Waals surface area contributed by atoms with Crippen molar-refractivity contribution in [2.75, 3.05) is 26.9 Å². The lowest BCUT2D eigenvalue weighted by molar-refractivity contribution is -0.346. The van der Waals surface area contributed by atoms with Crippen LogP contribution in [-0.4, -0.2) is 238 Å². The number of rotatable bonds is 15. The van der Waals surface area contributed by atoms with E-state index in [-0.39, 0.29) is 35.0 Å². The molecular formula is C46H66O25. The summed E-state index contributed by atoms with van der Waals surface area (Å²) in [6.45, 7) is 4.74. The predicted molar refractivity (Wildman–Crippen MR) is 234 cm³/mol. The Kier molecular flexibility index (Phi) is 16.8. The summed E-state index contributed by atoms with van der Waals surface area (Å²) in [4.78, 5) is 13.3. The van der Waals surface area contributed by atoms with Gasteiger partial charge in [0.15, 0.2) is 23.6 Å². The lowest BCUT2D eigenvalue weighted by atomic mass is 9.84. The van der Waals surface area contributed by atoms with Gasteiger partial charge in [0.2, 0.25) is 6.29 Å². The largest absolute Gasteiger partial charge is 0.507 e. The fourth-order valence-corrected chi connectivity index (χ4v) is 9.65. The predicted octanol–water partition coefficient (Wildman–Crippen LogP) is -3.87. The molecule has 71 heavy (non-hydrogen) atoms. The molecule has 25 heteroatoms. The second-order valence-corrected chi connectivity index (χ2v) is 19.5. The Morgan fingerprint density at radius 1 is 0.620 bits per heavy atom. The van der Waals surface area contributed by atoms with Crippen molar-refractivity contribution < 1.29 is 124 Å². The van der Waals surface area contributed by atoms with E-state index in [1.54, 1.807) is 6.07 Å². The van der Waals surface area contributed by atoms with Gasteiger partial charge in [0, 0.05) is 12.1 Å². The molecule has 0 bridgehead atoms. The number of phenols is 2. The molecular weight excluding hydrogens is 952 g/mol. The third kappa shape index (κ3) is 11.0. The van der Waals surface area contributed by atoms with Crippen LogP contribution >= 0.6 is 0 Å². The zero-order valence-corrected chi connectivity index (χ0v) is 39.6. The van der Waals surface area contributed by atoms with Crippen molar-refractivity contribution in [1.82, 2.24) is 0 Å². The van der Waals surface area contributed by atoms with Crippen LogP contribution in [0.3, 0.4) is 0 Å². The minimum absolute atomic E-state index is 0.136. The second kappa shape index (κ2) is 21.7. The summed E-state index contributed by atoms with van der Waals surface area (Å²) in [5.74, 6) is -1.47. The lowest BCUT2D eigenvalue weighted by Crippen LogP contribution is -2.70. The van der Waals surface area contributed by atoms with Gasteiger partial charge in [-0.3, -0.25) is 4.79 Å². The Hall–Kier alpha value is -3.65. The van der Waals surface area contributed by atoms with Crippen LogP contribution in [0.5, 0.6) is 28.7 Å². The molecule has 13 unspecified atom stereocenters. The average molecular weight is 1020 g/mol. The van der Waals surface area contributed by atoms with Crippen LogP contribution in [-0.2, 0) is 33.2 Å². The van der Waals surface area contributed by atoms with E-state index in [4.69, 9.17) is 47.4 Å². The Morgan fingerprint density at radius 2 is 1.18 bits per heavy atom. The molecule has 7 rings (SSSR count). The van der Waals surface area contributed by atoms with E-state index in [1.807, 2.05) is 0 Å². The van der Waals surface area contributed by atoms with Gasteiger partial charge in [-0.25, -0.2) is 0 Å². The molecule has 21 atom stereocenters. The summed E-state index contributed by atoms with van der Waals surface area (Å²) >= 11 is 0. The average Bonchev–Trinajstić information content (AvgIpc) is 3.32. The highest BCUT2D eigenvalue weighted by Gasteiger charge is 2.58. The Morgan fingerprint density at radius 3 is 1.79 bits per heavy atom. The van der Waals surface area contributed by atoms with Crippen molar-refractivity contribution in [3.63, 3.8) is 0 Å². The monoisotopic (exact) mass is 1020 g/mol. The van der Waals surface area contributed by atoms with E-state index >= 15 is 0 Å². The molecule has 0 amide bonds. The highest BCUT2D eigenvalue weighted by atomic mass is 16.7. The first-order chi connectivity index (χ1) is 33.3. The van der Waals surface area contributed by atoms with Crippen LogP contribution in [0.4, 0.5) is 0 Å². The summed E-state index contributed by atoms with van der Waals surface area (Å²) < 4.78 is 59.1. The maximum Gasteiger partial charge on any atom is 0.229 e. The maximum atomic E-state index is 13.3. The maximum absolute atomic E-state index is 13.3. The zero-order valence-electron chi connectivity index (χ0n) is 39.6. The molecule has 400 valence electrons. The molecule has 5 aliphatic heterocycles. The molecule has 0 spiro atoms. The topological polar surface area (TPSA) is 393 Å². The van der Waals surface area contributed by atoms with Crippen molar-refractivity contribution in [2.24, 2.45) is 0 Å². The number of carbonyl (C=O) groups excluding carboxylic acids is 1. The Balaban J connectivity index is 1.12. The van der Waals surface area contributed by atoms with Crippen LogP contribution < -0.4 is 14.2 Å². The molecule has 14 N–H and O–H groups in total. The van der Waals surface area contributed by atoms with Gasteiger partial charge in [-0.05, 0) is 52.3 Å². The second-order valence-electron chi connectivity index (χ2n) is 19.5. The van der Waals surface area contributed by atoms with Gasteiger partial charge in [-0.2, -0.15) is 0 Å². The van der Waals surface area contributed by atoms with Gasteiger partial charge in [0.1, 0.15) is 133 Å². The molecule has 4 saturated heterocycles. The number of methoxy groups -OCH3 is 1. The molecule has 25 nitrogen and oxygen atoms in total. The van der Waals surface area contributed by atoms with E-state index in [2.05, 4.69) is 0 Å². The fraction of sp³-hybridized carbons (Fsp3) is 0.717. The quantitative estimate of drug-likeness (QED) is 0.0812. The van der Waals surface area contributed by atoms with Crippen LogP contribution in [0.15, 0.2) is 30.3 Å². The number of aromatic hydroxyl groups is 2. The molecule has 0 aromatic heterocycles. The van der Waals surface area contributed by atoms with Gasteiger partial charge < -0.3 is 119 Å². The number of hydrogen-bond donors (Lipinski definition) is 14. The van der Waals surface area contributed by atoms with Crippen LogP contribution in [0.2, 0.25) is 0 Å². The van der Waals surface area contributed by atoms with E-state index in [9.17, 15) is 76.3 Å². The summed E-state index contributed by atoms with van der Waals surface area (Å²) in [5.41, 5.74) is -3.25. The minimum Gasteiger partial charge on any atom is -0.507 e. The zero-order chi connectivity index (χ0) is 52.2. The smallest absolute Gasteiger partial charge is 0.229 e. The summed E-state index contributed by atoms with van der Waals surface area (Å²) in [5, 5.41) is 151. The molecule has 5 heterocycles. The third-order valence-corrected chi connectivity index (χ3v) is 13.7. The highest BCUT2D eigenvalue weighted by Crippen LogP contribution is 2.45. The number of benzene rings is 2. The molecule has 4 fully saturated rings. The molecule has 2 aromatic carbocycles. The number of ketones is 1. The molecule has 0 radical (unpaired) electrons. The van der Waals surface area contributed by atoms with Crippen molar-refractivity contribution in [3.8, 4) is 28.7 Å².